The topological polar surface area (TPSA) is 103 Å². The van der Waals surface area contributed by atoms with Gasteiger partial charge in [0.05, 0.1) is 19.8 Å². The second-order valence-corrected chi connectivity index (χ2v) is 5.12. The van der Waals surface area contributed by atoms with E-state index in [1.165, 1.54) is 0 Å². The Morgan fingerprint density at radius 3 is 2.67 bits per heavy atom. The number of ether oxygens (including phenoxy) is 4. The van der Waals surface area contributed by atoms with E-state index in [4.69, 9.17) is 14.2 Å². The Balaban J connectivity index is 2.14. The molecule has 0 aliphatic carbocycles. The quantitative estimate of drug-likeness (QED) is 0.733. The summed E-state index contributed by atoms with van der Waals surface area (Å²) in [5.74, 6) is 0.379. The highest BCUT2D eigenvalue weighted by Crippen LogP contribution is 2.31. The van der Waals surface area contributed by atoms with Crippen molar-refractivity contribution in [3.63, 3.8) is 0 Å². The zero-order valence-electron chi connectivity index (χ0n) is 13.6. The Hall–Kier alpha value is -2.48. The van der Waals surface area contributed by atoms with E-state index in [-0.39, 0.29) is 13.0 Å². The maximum absolute atomic E-state index is 11.7. The molecule has 1 aromatic carbocycles. The molecule has 1 amide bonds. The minimum absolute atomic E-state index is 0.177. The van der Waals surface area contributed by atoms with E-state index in [0.29, 0.717) is 24.7 Å². The number of aliphatic hydroxyl groups is 1. The van der Waals surface area contributed by atoms with E-state index in [1.54, 1.807) is 25.1 Å². The van der Waals surface area contributed by atoms with Gasteiger partial charge in [0.25, 0.3) is 0 Å². The third-order valence-corrected chi connectivity index (χ3v) is 3.46. The van der Waals surface area contributed by atoms with Gasteiger partial charge in [-0.15, -0.1) is 0 Å². The summed E-state index contributed by atoms with van der Waals surface area (Å²) < 4.78 is 20.3. The van der Waals surface area contributed by atoms with Crippen LogP contribution in [0.25, 0.3) is 0 Å². The maximum atomic E-state index is 11.7. The Morgan fingerprint density at radius 1 is 1.29 bits per heavy atom. The molecule has 1 aliphatic rings. The molecule has 2 unspecified atom stereocenters. The van der Waals surface area contributed by atoms with E-state index in [1.807, 2.05) is 0 Å². The van der Waals surface area contributed by atoms with Crippen LogP contribution >= 0.6 is 0 Å². The summed E-state index contributed by atoms with van der Waals surface area (Å²) in [5, 5.41) is 12.6. The lowest BCUT2D eigenvalue weighted by molar-refractivity contribution is -0.151. The Labute approximate surface area is 139 Å². The van der Waals surface area contributed by atoms with E-state index in [2.05, 4.69) is 10.1 Å². The van der Waals surface area contributed by atoms with Crippen LogP contribution in [0, 0.1) is 0 Å². The van der Waals surface area contributed by atoms with E-state index >= 15 is 0 Å². The predicted molar refractivity (Wildman–Crippen MR) is 83.1 cm³/mol. The van der Waals surface area contributed by atoms with Crippen LogP contribution in [0.5, 0.6) is 11.5 Å². The molecule has 1 aliphatic heterocycles. The molecule has 0 saturated heterocycles. The molecule has 2 atom stereocenters. The van der Waals surface area contributed by atoms with Gasteiger partial charge in [-0.1, -0.05) is 6.07 Å². The van der Waals surface area contributed by atoms with Gasteiger partial charge in [0.15, 0.2) is 17.6 Å². The van der Waals surface area contributed by atoms with Gasteiger partial charge in [0.2, 0.25) is 0 Å². The maximum Gasteiger partial charge on any atom is 0.407 e. The first-order valence-electron chi connectivity index (χ1n) is 7.62. The Morgan fingerprint density at radius 2 is 2.00 bits per heavy atom. The molecule has 8 heteroatoms. The van der Waals surface area contributed by atoms with E-state index in [0.717, 1.165) is 12.7 Å². The molecule has 0 fully saturated rings. The van der Waals surface area contributed by atoms with Crippen LogP contribution in [0.3, 0.4) is 0 Å². The minimum atomic E-state index is -1.52. The highest BCUT2D eigenvalue weighted by molar-refractivity contribution is 5.77. The monoisotopic (exact) mass is 339 g/mol. The SMILES string of the molecule is CCOC(=O)NC(Cc1ccc2c(c1)OCCO2)C(O)C(=O)OC. The lowest BCUT2D eigenvalue weighted by atomic mass is 10.0. The summed E-state index contributed by atoms with van der Waals surface area (Å²) in [6.07, 6.45) is -2.05. The molecule has 0 aromatic heterocycles. The Kier molecular flexibility index (Phi) is 6.25. The van der Waals surface area contributed by atoms with Gasteiger partial charge in [-0.3, -0.25) is 0 Å². The summed E-state index contributed by atoms with van der Waals surface area (Å²) in [6, 6.07) is 4.37. The van der Waals surface area contributed by atoms with Crippen molar-refractivity contribution in [3.8, 4) is 11.5 Å². The summed E-state index contributed by atoms with van der Waals surface area (Å²) in [4.78, 5) is 23.3. The normalized spacial score (nSPS) is 15.1. The van der Waals surface area contributed by atoms with Gasteiger partial charge >= 0.3 is 12.1 Å². The van der Waals surface area contributed by atoms with Crippen molar-refractivity contribution >= 4 is 12.1 Å². The smallest absolute Gasteiger partial charge is 0.407 e. The fraction of sp³-hybridized carbons (Fsp3) is 0.500. The number of carbonyl (C=O) groups is 2. The number of methoxy groups -OCH3 is 1. The molecule has 2 N–H and O–H groups in total. The highest BCUT2D eigenvalue weighted by atomic mass is 16.6. The third-order valence-electron chi connectivity index (χ3n) is 3.46. The second-order valence-electron chi connectivity index (χ2n) is 5.12. The summed E-state index contributed by atoms with van der Waals surface area (Å²) in [7, 11) is 1.16. The van der Waals surface area contributed by atoms with Crippen LogP contribution in [-0.2, 0) is 20.7 Å². The molecule has 2 rings (SSSR count). The predicted octanol–water partition coefficient (Wildman–Crippen LogP) is 0.649. The summed E-state index contributed by atoms with van der Waals surface area (Å²) in [6.45, 7) is 2.77. The van der Waals surface area contributed by atoms with Crippen LogP contribution in [0.15, 0.2) is 18.2 Å². The van der Waals surface area contributed by atoms with Crippen molar-refractivity contribution in [3.05, 3.63) is 23.8 Å². The number of aliphatic hydroxyl groups excluding tert-OH is 1. The van der Waals surface area contributed by atoms with Gasteiger partial charge < -0.3 is 29.4 Å². The first-order valence-corrected chi connectivity index (χ1v) is 7.62. The zero-order chi connectivity index (χ0) is 17.5. The molecule has 0 saturated carbocycles. The number of amides is 1. The highest BCUT2D eigenvalue weighted by Gasteiger charge is 2.29. The number of hydrogen-bond donors (Lipinski definition) is 2. The van der Waals surface area contributed by atoms with Crippen LogP contribution < -0.4 is 14.8 Å². The minimum Gasteiger partial charge on any atom is -0.486 e. The number of alkyl carbamates (subject to hydrolysis) is 1. The van der Waals surface area contributed by atoms with Crippen molar-refractivity contribution in [2.24, 2.45) is 0 Å². The number of rotatable bonds is 6. The molecular formula is C16H21NO7. The van der Waals surface area contributed by atoms with Crippen molar-refractivity contribution < 1.29 is 33.6 Å². The number of carbonyl (C=O) groups excluding carboxylic acids is 2. The number of benzene rings is 1. The van der Waals surface area contributed by atoms with Gasteiger partial charge in [-0.25, -0.2) is 9.59 Å². The molecule has 0 radical (unpaired) electrons. The van der Waals surface area contributed by atoms with Gasteiger partial charge in [0.1, 0.15) is 13.2 Å². The lowest BCUT2D eigenvalue weighted by Gasteiger charge is -2.23. The fourth-order valence-corrected chi connectivity index (χ4v) is 2.32. The Bertz CT molecular complexity index is 590. The van der Waals surface area contributed by atoms with Gasteiger partial charge in [0, 0.05) is 0 Å². The molecule has 0 bridgehead atoms. The molecule has 1 aromatic rings. The van der Waals surface area contributed by atoms with Crippen molar-refractivity contribution in [2.75, 3.05) is 26.9 Å². The van der Waals surface area contributed by atoms with Crippen molar-refractivity contribution in [1.82, 2.24) is 5.32 Å². The number of esters is 1. The molecule has 8 nitrogen and oxygen atoms in total. The van der Waals surface area contributed by atoms with Crippen molar-refractivity contribution in [1.29, 1.82) is 0 Å². The average molecular weight is 339 g/mol. The van der Waals surface area contributed by atoms with Crippen LogP contribution in [0.4, 0.5) is 4.79 Å². The van der Waals surface area contributed by atoms with E-state index < -0.39 is 24.2 Å². The molecular weight excluding hydrogens is 318 g/mol. The van der Waals surface area contributed by atoms with Crippen molar-refractivity contribution in [2.45, 2.75) is 25.5 Å². The molecule has 24 heavy (non-hydrogen) atoms. The number of hydrogen-bond acceptors (Lipinski definition) is 7. The lowest BCUT2D eigenvalue weighted by Crippen LogP contribution is -2.48. The first-order chi connectivity index (χ1) is 11.5. The van der Waals surface area contributed by atoms with E-state index in [9.17, 15) is 14.7 Å². The van der Waals surface area contributed by atoms with Crippen LogP contribution in [0.1, 0.15) is 12.5 Å². The molecule has 1 heterocycles. The number of nitrogens with one attached hydrogen (secondary N) is 1. The molecule has 132 valence electrons. The average Bonchev–Trinajstić information content (AvgIpc) is 2.60. The second kappa shape index (κ2) is 8.39. The van der Waals surface area contributed by atoms with Gasteiger partial charge in [-0.05, 0) is 31.0 Å². The largest absolute Gasteiger partial charge is 0.486 e. The summed E-state index contributed by atoms with van der Waals surface area (Å²) >= 11 is 0. The standard InChI is InChI=1S/C16H21NO7/c1-3-22-16(20)17-11(14(18)15(19)21-2)8-10-4-5-12-13(9-10)24-7-6-23-12/h4-5,9,11,14,18H,3,6-8H2,1-2H3,(H,17,20). The first kappa shape index (κ1) is 17.9. The summed E-state index contributed by atoms with van der Waals surface area (Å²) in [5.41, 5.74) is 0.754. The fourth-order valence-electron chi connectivity index (χ4n) is 2.32. The number of fused-ring (bicyclic) bond motifs is 1. The van der Waals surface area contributed by atoms with Gasteiger partial charge in [-0.2, -0.15) is 0 Å². The third kappa shape index (κ3) is 4.51. The van der Waals surface area contributed by atoms with Crippen LogP contribution in [-0.4, -0.2) is 56.2 Å². The molecule has 0 spiro atoms. The zero-order valence-corrected chi connectivity index (χ0v) is 13.6. The van der Waals surface area contributed by atoms with Crippen LogP contribution in [0.2, 0.25) is 0 Å².